The number of nitrogens with one attached hydrogen (secondary N) is 1. The number of aromatic nitrogens is 4. The molecule has 8 nitrogen and oxygen atoms in total. The molecule has 4 heterocycles. The lowest BCUT2D eigenvalue weighted by atomic mass is 9.97. The van der Waals surface area contributed by atoms with Gasteiger partial charge in [-0.2, -0.15) is 0 Å². The number of carbonyl (C=O) groups excluding carboxylic acids is 1. The van der Waals surface area contributed by atoms with Crippen LogP contribution in [-0.2, 0) is 28.9 Å². The number of hydrogen-bond acceptors (Lipinski definition) is 6. The van der Waals surface area contributed by atoms with Crippen molar-refractivity contribution in [3.8, 4) is 11.4 Å². The SMILES string of the molecule is Cc1ccc2n(c1=O)Cc1c-2nc2ccccc2c1CCCOC(=O)C(N)Cc1cnc[nH]1. The Balaban J connectivity index is 1.34. The van der Waals surface area contributed by atoms with Gasteiger partial charge in [0.25, 0.3) is 5.56 Å². The van der Waals surface area contributed by atoms with E-state index in [0.29, 0.717) is 25.8 Å². The van der Waals surface area contributed by atoms with Crippen LogP contribution in [-0.4, -0.2) is 38.1 Å². The van der Waals surface area contributed by atoms with Crippen molar-refractivity contribution in [3.63, 3.8) is 0 Å². The molecule has 8 heteroatoms. The van der Waals surface area contributed by atoms with Crippen LogP contribution in [0.1, 0.15) is 28.8 Å². The summed E-state index contributed by atoms with van der Waals surface area (Å²) >= 11 is 0. The third kappa shape index (κ3) is 3.93. The van der Waals surface area contributed by atoms with E-state index in [1.807, 2.05) is 37.3 Å². The first-order valence-electron chi connectivity index (χ1n) is 11.0. The van der Waals surface area contributed by atoms with Crippen LogP contribution in [0.5, 0.6) is 0 Å². The van der Waals surface area contributed by atoms with E-state index in [1.165, 1.54) is 0 Å². The Bertz CT molecular complexity index is 1390. The summed E-state index contributed by atoms with van der Waals surface area (Å²) in [5.41, 5.74) is 12.3. The monoisotopic (exact) mass is 443 g/mol. The summed E-state index contributed by atoms with van der Waals surface area (Å²) in [5.74, 6) is -0.427. The number of rotatable bonds is 7. The molecular formula is C25H25N5O3. The van der Waals surface area contributed by atoms with Crippen molar-refractivity contribution in [2.45, 2.75) is 38.8 Å². The minimum Gasteiger partial charge on any atom is -0.465 e. The molecule has 0 saturated carbocycles. The zero-order valence-electron chi connectivity index (χ0n) is 18.4. The van der Waals surface area contributed by atoms with E-state index < -0.39 is 12.0 Å². The largest absolute Gasteiger partial charge is 0.465 e. The van der Waals surface area contributed by atoms with Gasteiger partial charge in [0.2, 0.25) is 0 Å². The first-order chi connectivity index (χ1) is 16.0. The Kier molecular flexibility index (Phi) is 5.51. The average molecular weight is 444 g/mol. The number of aromatic amines is 1. The lowest BCUT2D eigenvalue weighted by Crippen LogP contribution is -2.34. The van der Waals surface area contributed by atoms with Gasteiger partial charge in [-0.05, 0) is 37.5 Å². The summed E-state index contributed by atoms with van der Waals surface area (Å²) in [7, 11) is 0. The fourth-order valence-corrected chi connectivity index (χ4v) is 4.44. The summed E-state index contributed by atoms with van der Waals surface area (Å²) < 4.78 is 7.23. The molecule has 0 amide bonds. The van der Waals surface area contributed by atoms with Crippen molar-refractivity contribution in [3.05, 3.63) is 81.7 Å². The fraction of sp³-hybridized carbons (Fsp3) is 0.280. The van der Waals surface area contributed by atoms with Crippen molar-refractivity contribution in [2.24, 2.45) is 5.73 Å². The molecular weight excluding hydrogens is 418 g/mol. The van der Waals surface area contributed by atoms with Crippen molar-refractivity contribution in [1.29, 1.82) is 0 Å². The van der Waals surface area contributed by atoms with Gasteiger partial charge in [0.15, 0.2) is 0 Å². The van der Waals surface area contributed by atoms with E-state index in [-0.39, 0.29) is 12.2 Å². The predicted octanol–water partition coefficient (Wildman–Crippen LogP) is 2.50. The third-order valence-electron chi connectivity index (χ3n) is 6.15. The molecule has 3 N–H and O–H groups in total. The number of nitrogens with zero attached hydrogens (tertiary/aromatic N) is 3. The van der Waals surface area contributed by atoms with E-state index in [2.05, 4.69) is 16.0 Å². The van der Waals surface area contributed by atoms with Gasteiger partial charge in [-0.1, -0.05) is 24.3 Å². The zero-order chi connectivity index (χ0) is 22.9. The molecule has 1 aromatic carbocycles. The van der Waals surface area contributed by atoms with Crippen molar-refractivity contribution in [1.82, 2.24) is 19.5 Å². The standard InChI is InChI=1S/C25H25N5O3/c1-15-8-9-22-23-19(13-30(22)24(15)31)17(18-5-2-3-7-21(18)29-23)6-4-10-33-25(32)20(26)11-16-12-27-14-28-16/h2-3,5,7-9,12,14,20H,4,6,10-11,13,26H2,1H3,(H,27,28). The van der Waals surface area contributed by atoms with Crippen LogP contribution >= 0.6 is 0 Å². The molecule has 168 valence electrons. The molecule has 0 radical (unpaired) electrons. The summed E-state index contributed by atoms with van der Waals surface area (Å²) in [6, 6.07) is 11.1. The molecule has 3 aromatic heterocycles. The van der Waals surface area contributed by atoms with Crippen LogP contribution in [0.15, 0.2) is 53.7 Å². The highest BCUT2D eigenvalue weighted by atomic mass is 16.5. The van der Waals surface area contributed by atoms with E-state index in [9.17, 15) is 9.59 Å². The Hall–Kier alpha value is -3.78. The molecule has 0 bridgehead atoms. The molecule has 0 aliphatic carbocycles. The molecule has 1 aliphatic rings. The first-order valence-corrected chi connectivity index (χ1v) is 11.0. The number of hydrogen-bond donors (Lipinski definition) is 2. The Labute approximate surface area is 190 Å². The van der Waals surface area contributed by atoms with Crippen LogP contribution in [0, 0.1) is 6.92 Å². The quantitative estimate of drug-likeness (QED) is 0.295. The van der Waals surface area contributed by atoms with Crippen LogP contribution in [0.4, 0.5) is 0 Å². The van der Waals surface area contributed by atoms with Gasteiger partial charge >= 0.3 is 5.97 Å². The molecule has 1 aliphatic heterocycles. The van der Waals surface area contributed by atoms with E-state index in [0.717, 1.165) is 44.7 Å². The van der Waals surface area contributed by atoms with Crippen LogP contribution in [0.3, 0.4) is 0 Å². The number of H-pyrrole nitrogens is 1. The van der Waals surface area contributed by atoms with Crippen molar-refractivity contribution >= 4 is 16.9 Å². The van der Waals surface area contributed by atoms with Gasteiger partial charge in [0.05, 0.1) is 36.4 Å². The second-order valence-electron chi connectivity index (χ2n) is 8.39. The van der Waals surface area contributed by atoms with Gasteiger partial charge < -0.3 is 20.0 Å². The maximum absolute atomic E-state index is 12.7. The number of carbonyl (C=O) groups is 1. The maximum Gasteiger partial charge on any atom is 0.323 e. The van der Waals surface area contributed by atoms with Gasteiger partial charge in [-0.3, -0.25) is 9.59 Å². The highest BCUT2D eigenvalue weighted by Crippen LogP contribution is 2.35. The molecule has 0 saturated heterocycles. The number of esters is 1. The minimum absolute atomic E-state index is 0.0145. The summed E-state index contributed by atoms with van der Waals surface area (Å²) in [5, 5.41) is 1.07. The van der Waals surface area contributed by atoms with Gasteiger partial charge in [-0.25, -0.2) is 9.97 Å². The Morgan fingerprint density at radius 3 is 2.94 bits per heavy atom. The zero-order valence-corrected chi connectivity index (χ0v) is 18.4. The van der Waals surface area contributed by atoms with Gasteiger partial charge in [0, 0.05) is 34.8 Å². The molecule has 1 atom stereocenters. The highest BCUT2D eigenvalue weighted by molar-refractivity contribution is 5.88. The van der Waals surface area contributed by atoms with Gasteiger partial charge in [0.1, 0.15) is 6.04 Å². The lowest BCUT2D eigenvalue weighted by Gasteiger charge is -2.13. The molecule has 0 fully saturated rings. The third-order valence-corrected chi connectivity index (χ3v) is 6.15. The Morgan fingerprint density at radius 1 is 1.27 bits per heavy atom. The second-order valence-corrected chi connectivity index (χ2v) is 8.39. The lowest BCUT2D eigenvalue weighted by molar-refractivity contribution is -0.145. The molecule has 5 rings (SSSR count). The van der Waals surface area contributed by atoms with Gasteiger partial charge in [-0.15, -0.1) is 0 Å². The number of aryl methyl sites for hydroxylation is 2. The normalized spacial score (nSPS) is 13.0. The van der Waals surface area contributed by atoms with Crippen LogP contribution < -0.4 is 11.3 Å². The topological polar surface area (TPSA) is 116 Å². The number of fused-ring (bicyclic) bond motifs is 4. The Morgan fingerprint density at radius 2 is 2.12 bits per heavy atom. The molecule has 33 heavy (non-hydrogen) atoms. The van der Waals surface area contributed by atoms with E-state index in [1.54, 1.807) is 17.1 Å². The molecule has 4 aromatic rings. The van der Waals surface area contributed by atoms with E-state index in [4.69, 9.17) is 15.5 Å². The fourth-order valence-electron chi connectivity index (χ4n) is 4.44. The number of benzene rings is 1. The van der Waals surface area contributed by atoms with Crippen LogP contribution in [0.2, 0.25) is 0 Å². The average Bonchev–Trinajstić information content (AvgIpc) is 3.46. The predicted molar refractivity (Wildman–Crippen MR) is 125 cm³/mol. The van der Waals surface area contributed by atoms with Crippen molar-refractivity contribution in [2.75, 3.05) is 6.61 Å². The smallest absolute Gasteiger partial charge is 0.323 e. The summed E-state index contributed by atoms with van der Waals surface area (Å²) in [6.45, 7) is 2.61. The number of para-hydroxylation sites is 1. The van der Waals surface area contributed by atoms with Crippen LogP contribution in [0.25, 0.3) is 22.3 Å². The number of pyridine rings is 2. The second kappa shape index (κ2) is 8.63. The minimum atomic E-state index is -0.735. The number of nitrogens with two attached hydrogens (primary N) is 1. The molecule has 1 unspecified atom stereocenters. The van der Waals surface area contributed by atoms with Crippen molar-refractivity contribution < 1.29 is 9.53 Å². The maximum atomic E-state index is 12.7. The molecule has 0 spiro atoms. The summed E-state index contributed by atoms with van der Waals surface area (Å²) in [6.07, 6.45) is 4.91. The number of ether oxygens (including phenoxy) is 1. The summed E-state index contributed by atoms with van der Waals surface area (Å²) in [4.78, 5) is 36.7. The first kappa shape index (κ1) is 21.1. The van der Waals surface area contributed by atoms with E-state index >= 15 is 0 Å². The number of imidazole rings is 1. The highest BCUT2D eigenvalue weighted by Gasteiger charge is 2.25.